The van der Waals surface area contributed by atoms with Crippen molar-refractivity contribution in [2.24, 2.45) is 0 Å². The van der Waals surface area contributed by atoms with E-state index in [0.29, 0.717) is 24.0 Å². The van der Waals surface area contributed by atoms with Gasteiger partial charge in [0, 0.05) is 23.7 Å². The second-order valence-corrected chi connectivity index (χ2v) is 10.1. The monoisotopic (exact) mass is 435 g/mol. The Balaban J connectivity index is 1.46. The zero-order chi connectivity index (χ0) is 20.6. The van der Waals surface area contributed by atoms with Crippen LogP contribution in [0.15, 0.2) is 41.3 Å². The molecule has 0 aromatic heterocycles. The molecule has 1 atom stereocenters. The van der Waals surface area contributed by atoms with Gasteiger partial charge in [-0.2, -0.15) is 4.72 Å². The summed E-state index contributed by atoms with van der Waals surface area (Å²) in [7, 11) is -1.82. The average Bonchev–Trinajstić information content (AvgIpc) is 3.07. The van der Waals surface area contributed by atoms with Crippen LogP contribution in [0.2, 0.25) is 5.02 Å². The summed E-state index contributed by atoms with van der Waals surface area (Å²) in [5.41, 5.74) is 0. The molecule has 8 heteroatoms. The van der Waals surface area contributed by atoms with Crippen molar-refractivity contribution < 1.29 is 13.2 Å². The zero-order valence-corrected chi connectivity index (χ0v) is 18.0. The summed E-state index contributed by atoms with van der Waals surface area (Å²) >= 11 is 6.00. The number of nitrogens with one attached hydrogen (secondary N) is 2. The van der Waals surface area contributed by atoms with Crippen molar-refractivity contribution in [3.05, 3.63) is 41.4 Å². The van der Waals surface area contributed by atoms with Gasteiger partial charge in [0.05, 0.1) is 4.90 Å². The van der Waals surface area contributed by atoms with Crippen molar-refractivity contribution in [1.29, 1.82) is 0 Å². The molecule has 2 N–H and O–H groups in total. The molecule has 1 saturated heterocycles. The molecule has 2 aromatic rings. The van der Waals surface area contributed by atoms with Gasteiger partial charge in [-0.1, -0.05) is 23.7 Å². The van der Waals surface area contributed by atoms with Crippen LogP contribution in [0, 0.1) is 0 Å². The normalized spacial score (nSPS) is 25.7. The number of hydrogen-bond donors (Lipinski definition) is 2. The Morgan fingerprint density at radius 1 is 1.00 bits per heavy atom. The maximum Gasteiger partial charge on any atom is 0.241 e. The van der Waals surface area contributed by atoms with Gasteiger partial charge in [0.1, 0.15) is 6.04 Å². The molecule has 6 nitrogen and oxygen atoms in total. The van der Waals surface area contributed by atoms with Crippen molar-refractivity contribution in [2.45, 2.75) is 55.1 Å². The lowest BCUT2D eigenvalue weighted by molar-refractivity contribution is -0.131. The molecule has 2 aromatic carbocycles. The summed E-state index contributed by atoms with van der Waals surface area (Å²) in [5.74, 6) is -0.103. The lowest BCUT2D eigenvalue weighted by atomic mass is 9.90. The maximum atomic E-state index is 12.9. The minimum absolute atomic E-state index is 0.103. The molecule has 2 aliphatic rings. The van der Waals surface area contributed by atoms with Crippen molar-refractivity contribution in [3.63, 3.8) is 0 Å². The highest BCUT2D eigenvalue weighted by Gasteiger charge is 2.39. The predicted molar refractivity (Wildman–Crippen MR) is 115 cm³/mol. The fourth-order valence-electron chi connectivity index (χ4n) is 4.47. The second kappa shape index (κ2) is 8.22. The molecule has 1 saturated carbocycles. The van der Waals surface area contributed by atoms with E-state index in [4.69, 9.17) is 11.6 Å². The molecule has 29 heavy (non-hydrogen) atoms. The number of halogens is 1. The van der Waals surface area contributed by atoms with Crippen LogP contribution >= 0.6 is 11.6 Å². The average molecular weight is 436 g/mol. The third-order valence-electron chi connectivity index (χ3n) is 6.17. The van der Waals surface area contributed by atoms with Gasteiger partial charge < -0.3 is 10.2 Å². The van der Waals surface area contributed by atoms with E-state index in [9.17, 15) is 13.2 Å². The standard InChI is InChI=1S/C21H26ClN3O3S/c1-23-17-5-7-18(8-6-17)25-11-10-20(21(25)26)24-29(27,28)19-9-3-14-12-16(22)4-2-15(14)13-19/h2-4,9,12-13,17-18,20,23-24H,5-8,10-11H2,1H3/t17?,18?,20-/m0/s1. The predicted octanol–water partition coefficient (Wildman–Crippen LogP) is 2.90. The van der Waals surface area contributed by atoms with Crippen LogP contribution in [0.4, 0.5) is 0 Å². The SMILES string of the molecule is CNC1CCC(N2CC[C@H](NS(=O)(=O)c3ccc4cc(Cl)ccc4c3)C2=O)CC1. The van der Waals surface area contributed by atoms with Crippen LogP contribution in [-0.2, 0) is 14.8 Å². The highest BCUT2D eigenvalue weighted by atomic mass is 35.5. The Bertz CT molecular complexity index is 1020. The van der Waals surface area contributed by atoms with Gasteiger partial charge in [-0.25, -0.2) is 8.42 Å². The molecule has 1 aliphatic carbocycles. The minimum atomic E-state index is -3.79. The number of amides is 1. The van der Waals surface area contributed by atoms with E-state index < -0.39 is 16.1 Å². The molecule has 0 radical (unpaired) electrons. The van der Waals surface area contributed by atoms with Gasteiger partial charge in [-0.15, -0.1) is 0 Å². The molecule has 1 amide bonds. The fraction of sp³-hybridized carbons (Fsp3) is 0.476. The fourth-order valence-corrected chi connectivity index (χ4v) is 5.91. The number of carbonyl (C=O) groups is 1. The first-order valence-electron chi connectivity index (χ1n) is 10.1. The number of benzene rings is 2. The molecular weight excluding hydrogens is 410 g/mol. The summed E-state index contributed by atoms with van der Waals surface area (Å²) in [6.45, 7) is 0.608. The minimum Gasteiger partial charge on any atom is -0.338 e. The number of likely N-dealkylation sites (tertiary alicyclic amines) is 1. The van der Waals surface area contributed by atoms with Gasteiger partial charge in [-0.3, -0.25) is 4.79 Å². The van der Waals surface area contributed by atoms with Crippen LogP contribution in [0.1, 0.15) is 32.1 Å². The third kappa shape index (κ3) is 4.28. The molecule has 0 unspecified atom stereocenters. The van der Waals surface area contributed by atoms with Crippen LogP contribution in [0.3, 0.4) is 0 Å². The Labute approximate surface area is 176 Å². The van der Waals surface area contributed by atoms with Crippen molar-refractivity contribution in [3.8, 4) is 0 Å². The number of rotatable bonds is 5. The van der Waals surface area contributed by atoms with Crippen LogP contribution in [0.25, 0.3) is 10.8 Å². The quantitative estimate of drug-likeness (QED) is 0.756. The van der Waals surface area contributed by atoms with Crippen LogP contribution in [0.5, 0.6) is 0 Å². The third-order valence-corrected chi connectivity index (χ3v) is 7.87. The van der Waals surface area contributed by atoms with Crippen LogP contribution in [-0.4, -0.2) is 50.9 Å². The summed E-state index contributed by atoms with van der Waals surface area (Å²) < 4.78 is 28.4. The lowest BCUT2D eigenvalue weighted by Gasteiger charge is -2.34. The molecule has 1 heterocycles. The maximum absolute atomic E-state index is 12.9. The highest BCUT2D eigenvalue weighted by Crippen LogP contribution is 2.28. The highest BCUT2D eigenvalue weighted by molar-refractivity contribution is 7.89. The number of carbonyl (C=O) groups excluding carboxylic acids is 1. The van der Waals surface area contributed by atoms with Crippen molar-refractivity contribution in [1.82, 2.24) is 14.9 Å². The van der Waals surface area contributed by atoms with Crippen LogP contribution < -0.4 is 10.0 Å². The van der Waals surface area contributed by atoms with Gasteiger partial charge in [0.25, 0.3) is 0 Å². The summed E-state index contributed by atoms with van der Waals surface area (Å²) in [6, 6.07) is 10.3. The molecule has 1 aliphatic heterocycles. The van der Waals surface area contributed by atoms with Crippen molar-refractivity contribution >= 4 is 38.3 Å². The Morgan fingerprint density at radius 3 is 2.41 bits per heavy atom. The number of nitrogens with zero attached hydrogens (tertiary/aromatic N) is 1. The van der Waals surface area contributed by atoms with Gasteiger partial charge in [-0.05, 0) is 74.2 Å². The number of fused-ring (bicyclic) bond motifs is 1. The molecular formula is C21H26ClN3O3S. The van der Waals surface area contributed by atoms with Gasteiger partial charge in [0.2, 0.25) is 15.9 Å². The molecule has 2 fully saturated rings. The first kappa shape index (κ1) is 20.6. The van der Waals surface area contributed by atoms with E-state index in [0.717, 1.165) is 36.5 Å². The van der Waals surface area contributed by atoms with Gasteiger partial charge in [0.15, 0.2) is 0 Å². The van der Waals surface area contributed by atoms with E-state index >= 15 is 0 Å². The molecule has 0 bridgehead atoms. The summed E-state index contributed by atoms with van der Waals surface area (Å²) in [6.07, 6.45) is 4.52. The van der Waals surface area contributed by atoms with Crippen molar-refractivity contribution in [2.75, 3.05) is 13.6 Å². The second-order valence-electron chi connectivity index (χ2n) is 7.94. The number of sulfonamides is 1. The van der Waals surface area contributed by atoms with E-state index in [2.05, 4.69) is 10.0 Å². The lowest BCUT2D eigenvalue weighted by Crippen LogP contribution is -2.46. The molecule has 0 spiro atoms. The van der Waals surface area contributed by atoms with E-state index in [-0.39, 0.29) is 16.8 Å². The first-order valence-corrected chi connectivity index (χ1v) is 11.9. The largest absolute Gasteiger partial charge is 0.338 e. The Hall–Kier alpha value is -1.67. The Kier molecular flexibility index (Phi) is 5.84. The molecule has 4 rings (SSSR count). The molecule has 156 valence electrons. The Morgan fingerprint density at radius 2 is 1.69 bits per heavy atom. The smallest absolute Gasteiger partial charge is 0.241 e. The summed E-state index contributed by atoms with van der Waals surface area (Å²) in [5, 5.41) is 5.56. The topological polar surface area (TPSA) is 78.5 Å². The first-order chi connectivity index (χ1) is 13.9. The summed E-state index contributed by atoms with van der Waals surface area (Å²) in [4.78, 5) is 14.9. The van der Waals surface area contributed by atoms with E-state index in [1.807, 2.05) is 11.9 Å². The number of hydrogen-bond acceptors (Lipinski definition) is 4. The zero-order valence-electron chi connectivity index (χ0n) is 16.4. The van der Waals surface area contributed by atoms with E-state index in [1.165, 1.54) is 0 Å². The van der Waals surface area contributed by atoms with E-state index in [1.54, 1.807) is 36.4 Å². The van der Waals surface area contributed by atoms with Gasteiger partial charge >= 0.3 is 0 Å².